The molecule has 1 aliphatic carbocycles. The number of aromatic nitrogens is 1. The monoisotopic (exact) mass is 449 g/mol. The maximum atomic E-state index is 13.2. The van der Waals surface area contributed by atoms with Crippen LogP contribution in [0.4, 0.5) is 11.4 Å². The number of carbonyl (C=O) groups is 1. The summed E-state index contributed by atoms with van der Waals surface area (Å²) in [5.74, 6) is 0.305. The zero-order valence-electron chi connectivity index (χ0n) is 18.0. The molecule has 0 bridgehead atoms. The van der Waals surface area contributed by atoms with Gasteiger partial charge in [-0.2, -0.15) is 0 Å². The first kappa shape index (κ1) is 19.9. The first-order valence-corrected chi connectivity index (χ1v) is 12.0. The SMILES string of the molecule is Nc1c(C(=O)Nc2cccc3ccccc23)sc2nc3c(cc12)CC(c1ccccc1)CC3. The second kappa shape index (κ2) is 8.01. The third-order valence-electron chi connectivity index (χ3n) is 6.60. The number of nitrogens with one attached hydrogen (secondary N) is 1. The van der Waals surface area contributed by atoms with Crippen LogP contribution >= 0.6 is 11.3 Å². The molecule has 3 aromatic carbocycles. The Labute approximate surface area is 196 Å². The molecule has 3 N–H and O–H groups in total. The number of amides is 1. The summed E-state index contributed by atoms with van der Waals surface area (Å²) in [6.07, 6.45) is 2.99. The minimum Gasteiger partial charge on any atom is -0.397 e. The van der Waals surface area contributed by atoms with Gasteiger partial charge in [0.1, 0.15) is 9.71 Å². The predicted octanol–water partition coefficient (Wildman–Crippen LogP) is 6.56. The Hall–Kier alpha value is -3.70. The van der Waals surface area contributed by atoms with Crippen LogP contribution < -0.4 is 11.1 Å². The van der Waals surface area contributed by atoms with Crippen molar-refractivity contribution in [2.45, 2.75) is 25.2 Å². The molecule has 5 heteroatoms. The average molecular weight is 450 g/mol. The van der Waals surface area contributed by atoms with Crippen molar-refractivity contribution >= 4 is 49.6 Å². The van der Waals surface area contributed by atoms with Gasteiger partial charge in [-0.1, -0.05) is 66.7 Å². The number of benzene rings is 3. The highest BCUT2D eigenvalue weighted by Gasteiger charge is 2.24. The molecule has 1 amide bonds. The number of anilines is 2. The highest BCUT2D eigenvalue weighted by Crippen LogP contribution is 2.38. The van der Waals surface area contributed by atoms with Crippen LogP contribution in [0, 0.1) is 0 Å². The third kappa shape index (κ3) is 3.55. The topological polar surface area (TPSA) is 68.0 Å². The van der Waals surface area contributed by atoms with Gasteiger partial charge in [0.25, 0.3) is 5.91 Å². The molecule has 0 radical (unpaired) electrons. The van der Waals surface area contributed by atoms with Crippen molar-refractivity contribution in [3.05, 3.63) is 101 Å². The fraction of sp³-hybridized carbons (Fsp3) is 0.143. The molecule has 162 valence electrons. The second-order valence-corrected chi connectivity index (χ2v) is 9.62. The normalized spacial score (nSPS) is 15.5. The van der Waals surface area contributed by atoms with Crippen molar-refractivity contribution in [2.24, 2.45) is 0 Å². The number of nitrogens with zero attached hydrogens (tertiary/aromatic N) is 1. The molecule has 1 aliphatic rings. The van der Waals surface area contributed by atoms with E-state index in [4.69, 9.17) is 10.7 Å². The Kier molecular flexibility index (Phi) is 4.84. The predicted molar refractivity (Wildman–Crippen MR) is 137 cm³/mol. The number of rotatable bonds is 3. The van der Waals surface area contributed by atoms with E-state index in [9.17, 15) is 4.79 Å². The van der Waals surface area contributed by atoms with Gasteiger partial charge in [0.2, 0.25) is 0 Å². The van der Waals surface area contributed by atoms with Crippen LogP contribution in [-0.2, 0) is 12.8 Å². The number of fused-ring (bicyclic) bond motifs is 3. The molecule has 0 aliphatic heterocycles. The maximum Gasteiger partial charge on any atom is 0.267 e. The van der Waals surface area contributed by atoms with Crippen LogP contribution in [0.5, 0.6) is 0 Å². The van der Waals surface area contributed by atoms with Crippen molar-refractivity contribution in [3.63, 3.8) is 0 Å². The second-order valence-electron chi connectivity index (χ2n) is 8.62. The number of carbonyl (C=O) groups excluding carboxylic acids is 1. The molecule has 1 unspecified atom stereocenters. The number of aryl methyl sites for hydroxylation is 1. The molecular weight excluding hydrogens is 426 g/mol. The number of thiophene rings is 1. The minimum atomic E-state index is -0.188. The van der Waals surface area contributed by atoms with E-state index >= 15 is 0 Å². The van der Waals surface area contributed by atoms with Crippen LogP contribution in [0.3, 0.4) is 0 Å². The molecule has 1 atom stereocenters. The summed E-state index contributed by atoms with van der Waals surface area (Å²) in [6.45, 7) is 0. The van der Waals surface area contributed by atoms with Crippen molar-refractivity contribution in [2.75, 3.05) is 11.1 Å². The molecule has 4 nitrogen and oxygen atoms in total. The lowest BCUT2D eigenvalue weighted by Gasteiger charge is -2.24. The van der Waals surface area contributed by atoms with Gasteiger partial charge >= 0.3 is 0 Å². The summed E-state index contributed by atoms with van der Waals surface area (Å²) >= 11 is 1.38. The van der Waals surface area contributed by atoms with Gasteiger partial charge in [-0.05, 0) is 53.8 Å². The van der Waals surface area contributed by atoms with Crippen LogP contribution in [-0.4, -0.2) is 10.9 Å². The maximum absolute atomic E-state index is 13.2. The Bertz CT molecular complexity index is 1500. The van der Waals surface area contributed by atoms with Gasteiger partial charge in [0.15, 0.2) is 0 Å². The highest BCUT2D eigenvalue weighted by molar-refractivity contribution is 7.21. The molecule has 2 heterocycles. The van der Waals surface area contributed by atoms with Gasteiger partial charge in [0.05, 0.1) is 5.69 Å². The fourth-order valence-electron chi connectivity index (χ4n) is 4.88. The van der Waals surface area contributed by atoms with Gasteiger partial charge in [-0.25, -0.2) is 4.98 Å². The Morgan fingerprint density at radius 3 is 2.64 bits per heavy atom. The van der Waals surface area contributed by atoms with Crippen molar-refractivity contribution < 1.29 is 4.79 Å². The first-order valence-electron chi connectivity index (χ1n) is 11.2. The average Bonchev–Trinajstić information content (AvgIpc) is 3.18. The lowest BCUT2D eigenvalue weighted by Crippen LogP contribution is -2.14. The van der Waals surface area contributed by atoms with E-state index in [1.54, 1.807) is 0 Å². The quantitative estimate of drug-likeness (QED) is 0.328. The van der Waals surface area contributed by atoms with E-state index in [1.807, 2.05) is 42.5 Å². The summed E-state index contributed by atoms with van der Waals surface area (Å²) < 4.78 is 0. The van der Waals surface area contributed by atoms with Crippen LogP contribution in [0.25, 0.3) is 21.0 Å². The zero-order chi connectivity index (χ0) is 22.4. The van der Waals surface area contributed by atoms with E-state index in [0.717, 1.165) is 51.6 Å². The van der Waals surface area contributed by atoms with Gasteiger partial charge in [-0.15, -0.1) is 11.3 Å². The number of hydrogen-bond donors (Lipinski definition) is 2. The van der Waals surface area contributed by atoms with E-state index in [2.05, 4.69) is 41.7 Å². The largest absolute Gasteiger partial charge is 0.397 e. The van der Waals surface area contributed by atoms with Crippen molar-refractivity contribution in [1.29, 1.82) is 0 Å². The standard InChI is InChI=1S/C28H23N3OS/c29-25-22-16-20-15-19(17-7-2-1-3-8-17)13-14-23(20)31-28(22)33-26(25)27(32)30-24-12-6-10-18-9-4-5-11-21(18)24/h1-12,16,19H,13-15,29H2,(H,30,32). The molecule has 2 aromatic heterocycles. The highest BCUT2D eigenvalue weighted by atomic mass is 32.1. The Balaban J connectivity index is 1.33. The fourth-order valence-corrected chi connectivity index (χ4v) is 5.87. The summed E-state index contributed by atoms with van der Waals surface area (Å²) in [6, 6.07) is 26.8. The molecule has 6 rings (SSSR count). The molecule has 0 saturated carbocycles. The van der Waals surface area contributed by atoms with Gasteiger partial charge < -0.3 is 11.1 Å². The van der Waals surface area contributed by atoms with E-state index in [1.165, 1.54) is 22.5 Å². The smallest absolute Gasteiger partial charge is 0.267 e. The van der Waals surface area contributed by atoms with E-state index < -0.39 is 0 Å². The van der Waals surface area contributed by atoms with Crippen LogP contribution in [0.15, 0.2) is 78.9 Å². The molecule has 33 heavy (non-hydrogen) atoms. The summed E-state index contributed by atoms with van der Waals surface area (Å²) in [5.41, 5.74) is 11.5. The Morgan fingerprint density at radius 2 is 1.76 bits per heavy atom. The van der Waals surface area contributed by atoms with E-state index in [0.29, 0.717) is 16.5 Å². The number of pyridine rings is 1. The Morgan fingerprint density at radius 1 is 0.970 bits per heavy atom. The minimum absolute atomic E-state index is 0.188. The number of nitrogens with two attached hydrogens (primary N) is 1. The van der Waals surface area contributed by atoms with Crippen molar-refractivity contribution in [1.82, 2.24) is 4.98 Å². The number of hydrogen-bond acceptors (Lipinski definition) is 4. The van der Waals surface area contributed by atoms with Crippen molar-refractivity contribution in [3.8, 4) is 0 Å². The van der Waals surface area contributed by atoms with Crippen LogP contribution in [0.2, 0.25) is 0 Å². The number of nitrogen functional groups attached to an aromatic ring is 1. The third-order valence-corrected chi connectivity index (χ3v) is 7.71. The van der Waals surface area contributed by atoms with Crippen LogP contribution in [0.1, 0.15) is 38.8 Å². The lowest BCUT2D eigenvalue weighted by molar-refractivity contribution is 0.103. The van der Waals surface area contributed by atoms with Gasteiger partial charge in [-0.3, -0.25) is 4.79 Å². The first-order chi connectivity index (χ1) is 16.2. The molecule has 0 fully saturated rings. The van der Waals surface area contributed by atoms with E-state index in [-0.39, 0.29) is 5.91 Å². The van der Waals surface area contributed by atoms with Gasteiger partial charge in [0, 0.05) is 22.2 Å². The molecule has 0 saturated heterocycles. The summed E-state index contributed by atoms with van der Waals surface area (Å²) in [4.78, 5) is 19.5. The zero-order valence-corrected chi connectivity index (χ0v) is 18.9. The summed E-state index contributed by atoms with van der Waals surface area (Å²) in [7, 11) is 0. The molecule has 0 spiro atoms. The molecular formula is C28H23N3OS. The lowest BCUT2D eigenvalue weighted by atomic mass is 9.82. The molecule has 5 aromatic rings. The summed E-state index contributed by atoms with van der Waals surface area (Å²) in [5, 5.41) is 6.04.